The highest BCUT2D eigenvalue weighted by Crippen LogP contribution is 2.27. The maximum Gasteiger partial charge on any atom is 0.224 e. The molecule has 1 heterocycles. The van der Waals surface area contributed by atoms with Gasteiger partial charge in [-0.25, -0.2) is 0 Å². The molecule has 1 amide bonds. The zero-order valence-corrected chi connectivity index (χ0v) is 12.5. The van der Waals surface area contributed by atoms with Crippen molar-refractivity contribution in [3.05, 3.63) is 64.9 Å². The third kappa shape index (κ3) is 4.28. The number of hydrogen-bond donors (Lipinski definition) is 2. The molecule has 110 valence electrons. The van der Waals surface area contributed by atoms with Gasteiger partial charge in [-0.1, -0.05) is 35.9 Å². The van der Waals surface area contributed by atoms with E-state index in [2.05, 4.69) is 10.3 Å². The van der Waals surface area contributed by atoms with Crippen LogP contribution < -0.4 is 5.32 Å². The van der Waals surface area contributed by atoms with E-state index >= 15 is 0 Å². The lowest BCUT2D eigenvalue weighted by atomic mass is 9.96. The number of hydrogen-bond acceptors (Lipinski definition) is 3. The maximum absolute atomic E-state index is 11.9. The number of carbonyl (C=O) groups is 1. The van der Waals surface area contributed by atoms with Gasteiger partial charge in [0.1, 0.15) is 5.60 Å². The van der Waals surface area contributed by atoms with Crippen LogP contribution in [0.4, 0.5) is 0 Å². The fourth-order valence-corrected chi connectivity index (χ4v) is 2.35. The molecule has 0 saturated heterocycles. The lowest BCUT2D eigenvalue weighted by molar-refractivity contribution is -0.121. The number of benzene rings is 1. The van der Waals surface area contributed by atoms with E-state index in [-0.39, 0.29) is 18.9 Å². The van der Waals surface area contributed by atoms with Gasteiger partial charge in [0.15, 0.2) is 0 Å². The Hall–Kier alpha value is -1.91. The zero-order chi connectivity index (χ0) is 15.3. The van der Waals surface area contributed by atoms with Gasteiger partial charge < -0.3 is 10.4 Å². The van der Waals surface area contributed by atoms with Crippen LogP contribution in [0.15, 0.2) is 48.8 Å². The molecule has 0 bridgehead atoms. The summed E-state index contributed by atoms with van der Waals surface area (Å²) in [5.41, 5.74) is 0.198. The number of carbonyl (C=O) groups excluding carboxylic acids is 1. The van der Waals surface area contributed by atoms with Crippen LogP contribution in [0.1, 0.15) is 18.1 Å². The smallest absolute Gasteiger partial charge is 0.224 e. The van der Waals surface area contributed by atoms with Gasteiger partial charge in [-0.2, -0.15) is 0 Å². The van der Waals surface area contributed by atoms with Crippen LogP contribution >= 0.6 is 11.6 Å². The molecule has 2 aromatic rings. The molecule has 0 radical (unpaired) electrons. The fraction of sp³-hybridized carbons (Fsp3) is 0.250. The van der Waals surface area contributed by atoms with Crippen molar-refractivity contribution in [1.82, 2.24) is 10.3 Å². The maximum atomic E-state index is 11.9. The molecule has 0 unspecified atom stereocenters. The van der Waals surface area contributed by atoms with Crippen molar-refractivity contribution in [2.24, 2.45) is 0 Å². The van der Waals surface area contributed by atoms with Gasteiger partial charge in [0.25, 0.3) is 0 Å². The predicted molar refractivity (Wildman–Crippen MR) is 82.0 cm³/mol. The predicted octanol–water partition coefficient (Wildman–Crippen LogP) is 2.30. The Kier molecular flexibility index (Phi) is 4.94. The van der Waals surface area contributed by atoms with Crippen LogP contribution in [0.25, 0.3) is 0 Å². The van der Waals surface area contributed by atoms with Crippen LogP contribution in [0.2, 0.25) is 5.02 Å². The molecule has 0 aliphatic heterocycles. The molecule has 4 nitrogen and oxygen atoms in total. The quantitative estimate of drug-likeness (QED) is 0.891. The highest BCUT2D eigenvalue weighted by molar-refractivity contribution is 6.31. The van der Waals surface area contributed by atoms with Crippen molar-refractivity contribution in [2.75, 3.05) is 6.54 Å². The Morgan fingerprint density at radius 2 is 2.10 bits per heavy atom. The number of halogens is 1. The Labute approximate surface area is 128 Å². The summed E-state index contributed by atoms with van der Waals surface area (Å²) in [5.74, 6) is -0.171. The highest BCUT2D eigenvalue weighted by Gasteiger charge is 2.26. The number of nitrogens with zero attached hydrogens (tertiary/aromatic N) is 1. The van der Waals surface area contributed by atoms with Gasteiger partial charge in [0.05, 0.1) is 13.0 Å². The van der Waals surface area contributed by atoms with Crippen LogP contribution in [0.5, 0.6) is 0 Å². The van der Waals surface area contributed by atoms with Crippen molar-refractivity contribution in [1.29, 1.82) is 0 Å². The van der Waals surface area contributed by atoms with Crippen LogP contribution in [-0.4, -0.2) is 22.5 Å². The van der Waals surface area contributed by atoms with Gasteiger partial charge in [-0.15, -0.1) is 0 Å². The Bertz CT molecular complexity index is 615. The number of pyridine rings is 1. The topological polar surface area (TPSA) is 62.2 Å². The second kappa shape index (κ2) is 6.70. The number of aromatic nitrogens is 1. The number of amides is 1. The normalized spacial score (nSPS) is 13.5. The first-order valence-corrected chi connectivity index (χ1v) is 7.00. The second-order valence-electron chi connectivity index (χ2n) is 5.07. The Morgan fingerprint density at radius 3 is 2.76 bits per heavy atom. The largest absolute Gasteiger partial charge is 0.384 e. The van der Waals surface area contributed by atoms with Gasteiger partial charge in [-0.05, 0) is 24.6 Å². The van der Waals surface area contributed by atoms with E-state index in [1.807, 2.05) is 6.07 Å². The lowest BCUT2D eigenvalue weighted by Crippen LogP contribution is -2.39. The van der Waals surface area contributed by atoms with Crippen molar-refractivity contribution in [3.63, 3.8) is 0 Å². The SMILES string of the molecule is C[C@@](O)(CNC(=O)Cc1cccnc1)c1ccccc1Cl. The average Bonchev–Trinajstić information content (AvgIpc) is 2.47. The monoisotopic (exact) mass is 304 g/mol. The summed E-state index contributed by atoms with van der Waals surface area (Å²) in [6.45, 7) is 1.72. The molecule has 21 heavy (non-hydrogen) atoms. The minimum absolute atomic E-state index is 0.0931. The first-order valence-electron chi connectivity index (χ1n) is 6.62. The first kappa shape index (κ1) is 15.5. The summed E-state index contributed by atoms with van der Waals surface area (Å²) < 4.78 is 0. The van der Waals surface area contributed by atoms with Crippen LogP contribution in [0.3, 0.4) is 0 Å². The van der Waals surface area contributed by atoms with Gasteiger partial charge in [0, 0.05) is 23.0 Å². The molecule has 1 aromatic carbocycles. The number of nitrogens with one attached hydrogen (secondary N) is 1. The van der Waals surface area contributed by atoms with Gasteiger partial charge in [0.2, 0.25) is 5.91 Å². The van der Waals surface area contributed by atoms with Crippen LogP contribution in [-0.2, 0) is 16.8 Å². The van der Waals surface area contributed by atoms with Crippen molar-refractivity contribution >= 4 is 17.5 Å². The number of rotatable bonds is 5. The molecule has 2 N–H and O–H groups in total. The summed E-state index contributed by atoms with van der Waals surface area (Å²) in [7, 11) is 0. The molecule has 1 aromatic heterocycles. The molecule has 0 aliphatic carbocycles. The molecular formula is C16H17ClN2O2. The molecule has 0 aliphatic rings. The average molecular weight is 305 g/mol. The lowest BCUT2D eigenvalue weighted by Gasteiger charge is -2.25. The third-order valence-corrected chi connectivity index (χ3v) is 3.50. The van der Waals surface area contributed by atoms with Gasteiger partial charge in [-0.3, -0.25) is 9.78 Å². The first-order chi connectivity index (χ1) is 9.99. The summed E-state index contributed by atoms with van der Waals surface area (Å²) in [6.07, 6.45) is 3.53. The Morgan fingerprint density at radius 1 is 1.33 bits per heavy atom. The highest BCUT2D eigenvalue weighted by atomic mass is 35.5. The van der Waals surface area contributed by atoms with E-state index < -0.39 is 5.60 Å². The molecule has 0 spiro atoms. The minimum Gasteiger partial charge on any atom is -0.384 e. The standard InChI is InChI=1S/C16H17ClN2O2/c1-16(21,13-6-2-3-7-14(13)17)11-19-15(20)9-12-5-4-8-18-10-12/h2-8,10,21H,9,11H2,1H3,(H,19,20)/t16-/m1/s1. The summed E-state index contributed by atoms with van der Waals surface area (Å²) >= 11 is 6.07. The fourth-order valence-electron chi connectivity index (χ4n) is 2.01. The third-order valence-electron chi connectivity index (χ3n) is 3.17. The van der Waals surface area contributed by atoms with Crippen LogP contribution in [0, 0.1) is 0 Å². The Balaban J connectivity index is 1.96. The van der Waals surface area contributed by atoms with E-state index in [1.54, 1.807) is 49.6 Å². The van der Waals surface area contributed by atoms with E-state index in [4.69, 9.17) is 11.6 Å². The molecule has 5 heteroatoms. The van der Waals surface area contributed by atoms with E-state index in [1.165, 1.54) is 0 Å². The second-order valence-corrected chi connectivity index (χ2v) is 5.48. The minimum atomic E-state index is -1.22. The van der Waals surface area contributed by atoms with Crippen molar-refractivity contribution < 1.29 is 9.90 Å². The van der Waals surface area contributed by atoms with E-state index in [0.29, 0.717) is 10.6 Å². The van der Waals surface area contributed by atoms with E-state index in [9.17, 15) is 9.90 Å². The van der Waals surface area contributed by atoms with E-state index in [0.717, 1.165) is 5.56 Å². The zero-order valence-electron chi connectivity index (χ0n) is 11.7. The molecule has 0 saturated carbocycles. The summed E-state index contributed by atoms with van der Waals surface area (Å²) in [5, 5.41) is 13.7. The molecular weight excluding hydrogens is 288 g/mol. The molecule has 1 atom stereocenters. The molecule has 2 rings (SSSR count). The van der Waals surface area contributed by atoms with Crippen molar-refractivity contribution in [3.8, 4) is 0 Å². The number of aliphatic hydroxyl groups is 1. The van der Waals surface area contributed by atoms with Gasteiger partial charge >= 0.3 is 0 Å². The van der Waals surface area contributed by atoms with Crippen molar-refractivity contribution in [2.45, 2.75) is 18.9 Å². The molecule has 0 fully saturated rings. The summed E-state index contributed by atoms with van der Waals surface area (Å²) in [6, 6.07) is 10.7. The summed E-state index contributed by atoms with van der Waals surface area (Å²) in [4.78, 5) is 15.9.